The molecule has 0 spiro atoms. The van der Waals surface area contributed by atoms with Crippen molar-refractivity contribution in [3.63, 3.8) is 0 Å². The summed E-state index contributed by atoms with van der Waals surface area (Å²) in [4.78, 5) is 0. The van der Waals surface area contributed by atoms with Crippen molar-refractivity contribution in [3.05, 3.63) is 23.8 Å². The molecule has 0 saturated heterocycles. The molecule has 4 nitrogen and oxygen atoms in total. The molecular formula is C13H21NO3. The molecule has 0 aromatic heterocycles. The van der Waals surface area contributed by atoms with Gasteiger partial charge in [-0.3, -0.25) is 0 Å². The maximum atomic E-state index is 8.73. The lowest BCUT2D eigenvalue weighted by atomic mass is 10.1. The average molecular weight is 239 g/mol. The van der Waals surface area contributed by atoms with Gasteiger partial charge in [0.05, 0.1) is 20.8 Å². The number of methoxy groups -OCH3 is 2. The number of ether oxygens (including phenoxy) is 2. The molecule has 1 aromatic rings. The number of aliphatic hydroxyl groups is 1. The van der Waals surface area contributed by atoms with Crippen LogP contribution in [-0.2, 0) is 6.42 Å². The number of nitrogens with one attached hydrogen (secondary N) is 1. The lowest BCUT2D eigenvalue weighted by Crippen LogP contribution is -2.30. The van der Waals surface area contributed by atoms with Crippen molar-refractivity contribution in [2.75, 3.05) is 27.4 Å². The Morgan fingerprint density at radius 2 is 1.94 bits per heavy atom. The number of aliphatic hydroxyl groups excluding tert-OH is 1. The zero-order chi connectivity index (χ0) is 12.7. The van der Waals surface area contributed by atoms with E-state index in [1.54, 1.807) is 14.2 Å². The van der Waals surface area contributed by atoms with Gasteiger partial charge in [-0.25, -0.2) is 0 Å². The smallest absolute Gasteiger partial charge is 0.160 e. The molecule has 0 saturated carbocycles. The Kier molecular flexibility index (Phi) is 5.80. The molecule has 1 rings (SSSR count). The summed E-state index contributed by atoms with van der Waals surface area (Å²) in [6.07, 6.45) is 0.889. The van der Waals surface area contributed by atoms with Crippen molar-refractivity contribution >= 4 is 0 Å². The van der Waals surface area contributed by atoms with Gasteiger partial charge in [0, 0.05) is 12.6 Å². The SMILES string of the molecule is COc1ccc(CC(C)NCCO)cc1OC. The van der Waals surface area contributed by atoms with Crippen LogP contribution in [0.4, 0.5) is 0 Å². The zero-order valence-electron chi connectivity index (χ0n) is 10.7. The molecule has 4 heteroatoms. The number of hydrogen-bond acceptors (Lipinski definition) is 4. The first-order valence-electron chi connectivity index (χ1n) is 5.76. The lowest BCUT2D eigenvalue weighted by Gasteiger charge is -2.14. The van der Waals surface area contributed by atoms with Crippen LogP contribution >= 0.6 is 0 Å². The van der Waals surface area contributed by atoms with E-state index in [2.05, 4.69) is 12.2 Å². The van der Waals surface area contributed by atoms with E-state index in [0.717, 1.165) is 17.9 Å². The van der Waals surface area contributed by atoms with Crippen molar-refractivity contribution in [3.8, 4) is 11.5 Å². The fraction of sp³-hybridized carbons (Fsp3) is 0.538. The summed E-state index contributed by atoms with van der Waals surface area (Å²) in [5, 5.41) is 12.0. The minimum atomic E-state index is 0.163. The van der Waals surface area contributed by atoms with Crippen LogP contribution in [0.1, 0.15) is 12.5 Å². The summed E-state index contributed by atoms with van der Waals surface area (Å²) >= 11 is 0. The van der Waals surface area contributed by atoms with Crippen LogP contribution in [0.5, 0.6) is 11.5 Å². The fourth-order valence-electron chi connectivity index (χ4n) is 1.74. The second-order valence-electron chi connectivity index (χ2n) is 3.97. The number of hydrogen-bond donors (Lipinski definition) is 2. The highest BCUT2D eigenvalue weighted by Crippen LogP contribution is 2.27. The minimum absolute atomic E-state index is 0.163. The van der Waals surface area contributed by atoms with Crippen LogP contribution < -0.4 is 14.8 Å². The standard InChI is InChI=1S/C13H21NO3/c1-10(14-6-7-15)8-11-4-5-12(16-2)13(9-11)17-3/h4-5,9-10,14-15H,6-8H2,1-3H3. The first-order chi connectivity index (χ1) is 8.21. The van der Waals surface area contributed by atoms with E-state index in [4.69, 9.17) is 14.6 Å². The van der Waals surface area contributed by atoms with Gasteiger partial charge in [0.2, 0.25) is 0 Å². The van der Waals surface area contributed by atoms with E-state index in [-0.39, 0.29) is 6.61 Å². The summed E-state index contributed by atoms with van der Waals surface area (Å²) in [6.45, 7) is 2.87. The van der Waals surface area contributed by atoms with Crippen LogP contribution in [0.15, 0.2) is 18.2 Å². The van der Waals surface area contributed by atoms with E-state index in [1.165, 1.54) is 5.56 Å². The van der Waals surface area contributed by atoms with Gasteiger partial charge in [0.25, 0.3) is 0 Å². The molecular weight excluding hydrogens is 218 g/mol. The monoisotopic (exact) mass is 239 g/mol. The molecule has 1 unspecified atom stereocenters. The first kappa shape index (κ1) is 13.8. The molecule has 0 heterocycles. The van der Waals surface area contributed by atoms with Gasteiger partial charge in [0.15, 0.2) is 11.5 Å². The molecule has 0 fully saturated rings. The second-order valence-corrected chi connectivity index (χ2v) is 3.97. The summed E-state index contributed by atoms with van der Waals surface area (Å²) in [5.41, 5.74) is 1.18. The van der Waals surface area contributed by atoms with E-state index >= 15 is 0 Å². The highest BCUT2D eigenvalue weighted by atomic mass is 16.5. The van der Waals surface area contributed by atoms with E-state index in [1.807, 2.05) is 18.2 Å². The largest absolute Gasteiger partial charge is 0.493 e. The van der Waals surface area contributed by atoms with Crippen molar-refractivity contribution in [1.29, 1.82) is 0 Å². The topological polar surface area (TPSA) is 50.7 Å². The predicted molar refractivity (Wildman–Crippen MR) is 67.8 cm³/mol. The van der Waals surface area contributed by atoms with Gasteiger partial charge in [-0.2, -0.15) is 0 Å². The highest BCUT2D eigenvalue weighted by molar-refractivity contribution is 5.43. The molecule has 0 aliphatic carbocycles. The molecule has 17 heavy (non-hydrogen) atoms. The van der Waals surface area contributed by atoms with Crippen LogP contribution in [0, 0.1) is 0 Å². The van der Waals surface area contributed by atoms with Crippen LogP contribution in [0.25, 0.3) is 0 Å². The zero-order valence-corrected chi connectivity index (χ0v) is 10.7. The summed E-state index contributed by atoms with van der Waals surface area (Å²) in [6, 6.07) is 6.24. The Morgan fingerprint density at radius 1 is 1.24 bits per heavy atom. The molecule has 0 aliphatic rings. The Bertz CT molecular complexity index is 341. The Balaban J connectivity index is 2.65. The summed E-state index contributed by atoms with van der Waals surface area (Å²) in [5.74, 6) is 1.49. The third-order valence-corrected chi connectivity index (χ3v) is 2.59. The molecule has 1 atom stereocenters. The van der Waals surface area contributed by atoms with Gasteiger partial charge >= 0.3 is 0 Å². The summed E-state index contributed by atoms with van der Waals surface area (Å²) in [7, 11) is 3.26. The third kappa shape index (κ3) is 4.24. The van der Waals surface area contributed by atoms with Crippen molar-refractivity contribution in [2.24, 2.45) is 0 Å². The van der Waals surface area contributed by atoms with E-state index in [9.17, 15) is 0 Å². The predicted octanol–water partition coefficient (Wildman–Crippen LogP) is 1.22. The molecule has 96 valence electrons. The number of benzene rings is 1. The first-order valence-corrected chi connectivity index (χ1v) is 5.76. The molecule has 0 radical (unpaired) electrons. The highest BCUT2D eigenvalue weighted by Gasteiger charge is 2.07. The Morgan fingerprint density at radius 3 is 2.53 bits per heavy atom. The summed E-state index contributed by atoms with van der Waals surface area (Å²) < 4.78 is 10.4. The molecule has 1 aromatic carbocycles. The minimum Gasteiger partial charge on any atom is -0.493 e. The third-order valence-electron chi connectivity index (χ3n) is 2.59. The van der Waals surface area contributed by atoms with Gasteiger partial charge in [0.1, 0.15) is 0 Å². The molecule has 2 N–H and O–H groups in total. The van der Waals surface area contributed by atoms with Gasteiger partial charge in [-0.1, -0.05) is 6.07 Å². The van der Waals surface area contributed by atoms with E-state index in [0.29, 0.717) is 12.6 Å². The van der Waals surface area contributed by atoms with Crippen molar-refractivity contribution in [1.82, 2.24) is 5.32 Å². The maximum absolute atomic E-state index is 8.73. The fourth-order valence-corrected chi connectivity index (χ4v) is 1.74. The van der Waals surface area contributed by atoms with Crippen molar-refractivity contribution < 1.29 is 14.6 Å². The van der Waals surface area contributed by atoms with Crippen LogP contribution in [-0.4, -0.2) is 38.5 Å². The maximum Gasteiger partial charge on any atom is 0.160 e. The lowest BCUT2D eigenvalue weighted by molar-refractivity contribution is 0.285. The van der Waals surface area contributed by atoms with Crippen LogP contribution in [0.3, 0.4) is 0 Å². The Labute approximate surface area is 103 Å². The normalized spacial score (nSPS) is 12.2. The number of rotatable bonds is 7. The van der Waals surface area contributed by atoms with E-state index < -0.39 is 0 Å². The molecule has 0 bridgehead atoms. The second kappa shape index (κ2) is 7.14. The molecule has 0 aliphatic heterocycles. The van der Waals surface area contributed by atoms with Gasteiger partial charge < -0.3 is 19.9 Å². The van der Waals surface area contributed by atoms with Crippen LogP contribution in [0.2, 0.25) is 0 Å². The quantitative estimate of drug-likeness (QED) is 0.751. The van der Waals surface area contributed by atoms with Crippen molar-refractivity contribution in [2.45, 2.75) is 19.4 Å². The van der Waals surface area contributed by atoms with Gasteiger partial charge in [-0.05, 0) is 31.0 Å². The average Bonchev–Trinajstić information content (AvgIpc) is 2.36. The Hall–Kier alpha value is -1.26. The molecule has 0 amide bonds. The van der Waals surface area contributed by atoms with Gasteiger partial charge in [-0.15, -0.1) is 0 Å².